The van der Waals surface area contributed by atoms with E-state index in [9.17, 15) is 19.2 Å². The van der Waals surface area contributed by atoms with E-state index in [2.05, 4.69) is 11.2 Å². The van der Waals surface area contributed by atoms with Crippen LogP contribution in [0.1, 0.15) is 6.42 Å². The molecule has 3 N–H and O–H groups in total. The number of nitrogens with one attached hydrogen (secondary N) is 2. The topological polar surface area (TPSA) is 121 Å². The average Bonchev–Trinajstić information content (AvgIpc) is 2.32. The summed E-state index contributed by atoms with van der Waals surface area (Å²) in [5, 5.41) is 11.0. The smallest absolute Gasteiger partial charge is 0.328 e. The summed E-state index contributed by atoms with van der Waals surface area (Å²) in [5.74, 6) is 0.164. The second-order valence-electron chi connectivity index (χ2n) is 3.60. The van der Waals surface area contributed by atoms with Crippen LogP contribution in [-0.2, 0) is 16.1 Å². The average molecular weight is 265 g/mol. The van der Waals surface area contributed by atoms with Gasteiger partial charge < -0.3 is 10.4 Å². The zero-order chi connectivity index (χ0) is 14.4. The minimum atomic E-state index is -1.26. The van der Waals surface area contributed by atoms with Crippen LogP contribution in [0.3, 0.4) is 0 Å². The van der Waals surface area contributed by atoms with Crippen LogP contribution in [0.4, 0.5) is 0 Å². The van der Waals surface area contributed by atoms with Crippen LogP contribution < -0.4 is 16.6 Å². The summed E-state index contributed by atoms with van der Waals surface area (Å²) in [6, 6.07) is -0.138. The Bertz CT molecular complexity index is 637. The first-order valence-electron chi connectivity index (χ1n) is 5.19. The largest absolute Gasteiger partial charge is 0.480 e. The summed E-state index contributed by atoms with van der Waals surface area (Å²) in [5.41, 5.74) is -1.34. The highest BCUT2D eigenvalue weighted by atomic mass is 16.4. The van der Waals surface area contributed by atoms with Crippen molar-refractivity contribution in [3.05, 3.63) is 33.1 Å². The molecule has 0 aliphatic rings. The van der Waals surface area contributed by atoms with Crippen LogP contribution >= 0.6 is 0 Å². The minimum absolute atomic E-state index is 0.165. The van der Waals surface area contributed by atoms with Gasteiger partial charge in [0.2, 0.25) is 5.91 Å². The summed E-state index contributed by atoms with van der Waals surface area (Å²) in [4.78, 5) is 46.4. The van der Waals surface area contributed by atoms with Crippen molar-refractivity contribution in [1.29, 1.82) is 0 Å². The lowest BCUT2D eigenvalue weighted by molar-refractivity contribution is -0.141. The number of rotatable bonds is 5. The standard InChI is InChI=1S/C11H11N3O5/c1-2-3-7(10(17)18)12-9(16)6-14-5-4-8(15)13-11(14)19/h1,4-5,7H,3,6H2,(H,12,16)(H,17,18)(H,13,15,19). The van der Waals surface area contributed by atoms with Crippen LogP contribution in [0.15, 0.2) is 21.9 Å². The summed E-state index contributed by atoms with van der Waals surface area (Å²) >= 11 is 0. The molecular weight excluding hydrogens is 254 g/mol. The zero-order valence-corrected chi connectivity index (χ0v) is 9.75. The van der Waals surface area contributed by atoms with Crippen LogP contribution in [0, 0.1) is 12.3 Å². The number of aromatic nitrogens is 2. The molecule has 1 atom stereocenters. The SMILES string of the molecule is C#CCC(NC(=O)Cn1ccc(=O)[nH]c1=O)C(=O)O. The first-order chi connectivity index (χ1) is 8.93. The Morgan fingerprint density at radius 3 is 2.74 bits per heavy atom. The monoisotopic (exact) mass is 265 g/mol. The molecule has 8 heteroatoms. The lowest BCUT2D eigenvalue weighted by Crippen LogP contribution is -2.43. The van der Waals surface area contributed by atoms with Gasteiger partial charge in [-0.25, -0.2) is 9.59 Å². The molecule has 0 fully saturated rings. The molecule has 0 aromatic carbocycles. The number of carbonyl (C=O) groups excluding carboxylic acids is 1. The number of hydrogen-bond acceptors (Lipinski definition) is 4. The van der Waals surface area contributed by atoms with E-state index in [4.69, 9.17) is 11.5 Å². The maximum atomic E-state index is 11.5. The highest BCUT2D eigenvalue weighted by Gasteiger charge is 2.18. The molecule has 0 aliphatic heterocycles. The van der Waals surface area contributed by atoms with Gasteiger partial charge in [-0.1, -0.05) is 0 Å². The van der Waals surface area contributed by atoms with Gasteiger partial charge >= 0.3 is 11.7 Å². The van der Waals surface area contributed by atoms with E-state index in [1.54, 1.807) is 0 Å². The minimum Gasteiger partial charge on any atom is -0.480 e. The van der Waals surface area contributed by atoms with Gasteiger partial charge in [0.25, 0.3) is 5.56 Å². The molecule has 1 aromatic rings. The molecule has 0 radical (unpaired) electrons. The van der Waals surface area contributed by atoms with Crippen molar-refractivity contribution in [2.24, 2.45) is 0 Å². The molecule has 0 saturated heterocycles. The predicted molar refractivity (Wildman–Crippen MR) is 64.3 cm³/mol. The molecule has 1 aromatic heterocycles. The lowest BCUT2D eigenvalue weighted by atomic mass is 10.2. The highest BCUT2D eigenvalue weighted by Crippen LogP contribution is 1.91. The third-order valence-corrected chi connectivity index (χ3v) is 2.17. The Hall–Kier alpha value is -2.82. The molecule has 1 amide bonds. The van der Waals surface area contributed by atoms with E-state index in [-0.39, 0.29) is 6.42 Å². The first kappa shape index (κ1) is 14.2. The van der Waals surface area contributed by atoms with Gasteiger partial charge in [0.1, 0.15) is 12.6 Å². The van der Waals surface area contributed by atoms with Gasteiger partial charge in [0, 0.05) is 18.7 Å². The fourth-order valence-corrected chi connectivity index (χ4v) is 1.28. The Labute approximate surface area is 107 Å². The van der Waals surface area contributed by atoms with E-state index in [1.165, 1.54) is 0 Å². The van der Waals surface area contributed by atoms with Crippen molar-refractivity contribution >= 4 is 11.9 Å². The molecular formula is C11H11N3O5. The number of terminal acetylenes is 1. The molecule has 0 spiro atoms. The Morgan fingerprint density at radius 1 is 1.53 bits per heavy atom. The number of carboxylic acid groups (broad SMARTS) is 1. The van der Waals surface area contributed by atoms with Crippen molar-refractivity contribution in [2.45, 2.75) is 19.0 Å². The third-order valence-electron chi connectivity index (χ3n) is 2.17. The number of carboxylic acids is 1. The zero-order valence-electron chi connectivity index (χ0n) is 9.75. The maximum absolute atomic E-state index is 11.5. The van der Waals surface area contributed by atoms with E-state index in [0.29, 0.717) is 0 Å². The molecule has 0 saturated carbocycles. The van der Waals surface area contributed by atoms with E-state index >= 15 is 0 Å². The van der Waals surface area contributed by atoms with E-state index < -0.39 is 35.7 Å². The molecule has 1 heterocycles. The number of carbonyl (C=O) groups is 2. The molecule has 100 valence electrons. The van der Waals surface area contributed by atoms with Gasteiger partial charge in [0.05, 0.1) is 0 Å². The number of amides is 1. The van der Waals surface area contributed by atoms with Crippen LogP contribution in [-0.4, -0.2) is 32.6 Å². The lowest BCUT2D eigenvalue weighted by Gasteiger charge is -2.12. The summed E-state index contributed by atoms with van der Waals surface area (Å²) in [6.45, 7) is -0.413. The van der Waals surface area contributed by atoms with E-state index in [0.717, 1.165) is 16.8 Å². The normalized spacial score (nSPS) is 11.3. The summed E-state index contributed by atoms with van der Waals surface area (Å²) < 4.78 is 0.936. The van der Waals surface area contributed by atoms with E-state index in [1.807, 2.05) is 4.98 Å². The maximum Gasteiger partial charge on any atom is 0.328 e. The number of hydrogen-bond donors (Lipinski definition) is 3. The molecule has 0 bridgehead atoms. The van der Waals surface area contributed by atoms with Gasteiger partial charge in [-0.3, -0.25) is 19.1 Å². The Morgan fingerprint density at radius 2 is 2.21 bits per heavy atom. The van der Waals surface area contributed by atoms with Crippen molar-refractivity contribution in [1.82, 2.24) is 14.9 Å². The second-order valence-corrected chi connectivity index (χ2v) is 3.60. The third kappa shape index (κ3) is 4.16. The van der Waals surface area contributed by atoms with Crippen LogP contribution in [0.2, 0.25) is 0 Å². The van der Waals surface area contributed by atoms with Gasteiger partial charge in [-0.05, 0) is 0 Å². The quantitative estimate of drug-likeness (QED) is 0.538. The fourth-order valence-electron chi connectivity index (χ4n) is 1.28. The number of H-pyrrole nitrogens is 1. The fraction of sp³-hybridized carbons (Fsp3) is 0.273. The summed E-state index contributed by atoms with van der Waals surface area (Å²) in [6.07, 6.45) is 5.95. The van der Waals surface area contributed by atoms with Gasteiger partial charge in [-0.2, -0.15) is 0 Å². The molecule has 1 rings (SSSR count). The van der Waals surface area contributed by atoms with Crippen molar-refractivity contribution in [3.8, 4) is 12.3 Å². The summed E-state index contributed by atoms with van der Waals surface area (Å²) in [7, 11) is 0. The van der Waals surface area contributed by atoms with Crippen molar-refractivity contribution in [3.63, 3.8) is 0 Å². The van der Waals surface area contributed by atoms with Gasteiger partial charge in [-0.15, -0.1) is 12.3 Å². The molecule has 8 nitrogen and oxygen atoms in total. The number of aromatic amines is 1. The molecule has 1 unspecified atom stereocenters. The number of nitrogens with zero attached hydrogens (tertiary/aromatic N) is 1. The van der Waals surface area contributed by atoms with Crippen molar-refractivity contribution in [2.75, 3.05) is 0 Å². The highest BCUT2D eigenvalue weighted by molar-refractivity contribution is 5.83. The molecule has 19 heavy (non-hydrogen) atoms. The van der Waals surface area contributed by atoms with Gasteiger partial charge in [0.15, 0.2) is 0 Å². The number of aliphatic carboxylic acids is 1. The Kier molecular flexibility index (Phi) is 4.65. The second kappa shape index (κ2) is 6.20. The molecule has 0 aliphatic carbocycles. The first-order valence-corrected chi connectivity index (χ1v) is 5.19. The van der Waals surface area contributed by atoms with Crippen molar-refractivity contribution < 1.29 is 14.7 Å². The predicted octanol–water partition coefficient (Wildman–Crippen LogP) is -1.87. The Balaban J connectivity index is 2.75. The van der Waals surface area contributed by atoms with Crippen LogP contribution in [0.25, 0.3) is 0 Å². The van der Waals surface area contributed by atoms with Crippen LogP contribution in [0.5, 0.6) is 0 Å².